The highest BCUT2D eigenvalue weighted by molar-refractivity contribution is 5.89. The Labute approximate surface area is 141 Å². The Morgan fingerprint density at radius 1 is 1.38 bits per heavy atom. The SMILES string of the molecule is COCCCN(C)CCNC(=O)Nc1cccc(-c2nnco2)c1. The van der Waals surface area contributed by atoms with Gasteiger partial charge in [0, 0.05) is 44.6 Å². The molecular formula is C16H23N5O3. The van der Waals surface area contributed by atoms with Crippen LogP contribution in [0.15, 0.2) is 35.1 Å². The molecule has 24 heavy (non-hydrogen) atoms. The average molecular weight is 333 g/mol. The maximum atomic E-state index is 11.9. The van der Waals surface area contributed by atoms with Gasteiger partial charge in [-0.15, -0.1) is 10.2 Å². The maximum absolute atomic E-state index is 11.9. The van der Waals surface area contributed by atoms with Crippen molar-refractivity contribution in [2.75, 3.05) is 45.7 Å². The van der Waals surface area contributed by atoms with E-state index in [0.717, 1.165) is 31.7 Å². The number of amides is 2. The second-order valence-electron chi connectivity index (χ2n) is 5.36. The van der Waals surface area contributed by atoms with Crippen LogP contribution < -0.4 is 10.6 Å². The minimum Gasteiger partial charge on any atom is -0.423 e. The standard InChI is InChI=1S/C16H23N5O3/c1-21(8-4-10-23-2)9-7-17-16(22)19-14-6-3-5-13(11-14)15-20-18-12-24-15/h3,5-6,11-12H,4,7-10H2,1-2H3,(H2,17,19,22). The minimum absolute atomic E-state index is 0.247. The van der Waals surface area contributed by atoms with E-state index < -0.39 is 0 Å². The van der Waals surface area contributed by atoms with Gasteiger partial charge in [-0.1, -0.05) is 6.07 Å². The molecular weight excluding hydrogens is 310 g/mol. The van der Waals surface area contributed by atoms with E-state index in [4.69, 9.17) is 9.15 Å². The number of ether oxygens (including phenoxy) is 1. The molecule has 0 fully saturated rings. The summed E-state index contributed by atoms with van der Waals surface area (Å²) in [7, 11) is 3.71. The number of nitrogens with one attached hydrogen (secondary N) is 2. The Morgan fingerprint density at radius 3 is 3.00 bits per heavy atom. The van der Waals surface area contributed by atoms with Crippen molar-refractivity contribution in [2.24, 2.45) is 0 Å². The number of anilines is 1. The molecule has 0 spiro atoms. The monoisotopic (exact) mass is 333 g/mol. The Morgan fingerprint density at radius 2 is 2.25 bits per heavy atom. The molecule has 2 amide bonds. The Bertz CT molecular complexity index is 618. The van der Waals surface area contributed by atoms with Crippen LogP contribution in [-0.4, -0.2) is 61.5 Å². The van der Waals surface area contributed by atoms with Crippen LogP contribution in [-0.2, 0) is 4.74 Å². The van der Waals surface area contributed by atoms with Gasteiger partial charge in [0.05, 0.1) is 0 Å². The fraction of sp³-hybridized carbons (Fsp3) is 0.438. The van der Waals surface area contributed by atoms with Gasteiger partial charge in [-0.2, -0.15) is 0 Å². The molecule has 0 radical (unpaired) electrons. The molecule has 0 atom stereocenters. The summed E-state index contributed by atoms with van der Waals surface area (Å²) in [5.41, 5.74) is 1.42. The molecule has 8 nitrogen and oxygen atoms in total. The van der Waals surface area contributed by atoms with Crippen molar-refractivity contribution in [3.63, 3.8) is 0 Å². The van der Waals surface area contributed by atoms with Crippen LogP contribution >= 0.6 is 0 Å². The molecule has 2 aromatic rings. The summed E-state index contributed by atoms with van der Waals surface area (Å²) in [5.74, 6) is 0.414. The number of likely N-dealkylation sites (N-methyl/N-ethyl adjacent to an activating group) is 1. The highest BCUT2D eigenvalue weighted by Crippen LogP contribution is 2.20. The fourth-order valence-corrected chi connectivity index (χ4v) is 2.16. The molecule has 1 aromatic heterocycles. The second kappa shape index (κ2) is 9.64. The number of nitrogens with zero attached hydrogens (tertiary/aromatic N) is 3. The first kappa shape index (κ1) is 17.9. The Balaban J connectivity index is 1.73. The van der Waals surface area contributed by atoms with Crippen LogP contribution in [0, 0.1) is 0 Å². The van der Waals surface area contributed by atoms with Crippen molar-refractivity contribution >= 4 is 11.7 Å². The van der Waals surface area contributed by atoms with Gasteiger partial charge in [-0.3, -0.25) is 0 Å². The number of carbonyl (C=O) groups is 1. The molecule has 1 aromatic carbocycles. The number of rotatable bonds is 9. The molecule has 2 rings (SSSR count). The van der Waals surface area contributed by atoms with Gasteiger partial charge in [-0.25, -0.2) is 4.79 Å². The topological polar surface area (TPSA) is 92.5 Å². The van der Waals surface area contributed by atoms with E-state index in [0.29, 0.717) is 18.1 Å². The number of aromatic nitrogens is 2. The van der Waals surface area contributed by atoms with E-state index in [9.17, 15) is 4.79 Å². The zero-order chi connectivity index (χ0) is 17.2. The fourth-order valence-electron chi connectivity index (χ4n) is 2.16. The lowest BCUT2D eigenvalue weighted by molar-refractivity contribution is 0.179. The number of benzene rings is 1. The molecule has 0 saturated heterocycles. The Hall–Kier alpha value is -2.45. The maximum Gasteiger partial charge on any atom is 0.319 e. The van der Waals surface area contributed by atoms with E-state index in [2.05, 4.69) is 25.7 Å². The van der Waals surface area contributed by atoms with Gasteiger partial charge in [0.25, 0.3) is 0 Å². The number of hydrogen-bond acceptors (Lipinski definition) is 6. The predicted molar refractivity (Wildman–Crippen MR) is 90.7 cm³/mol. The normalized spacial score (nSPS) is 10.8. The van der Waals surface area contributed by atoms with E-state index >= 15 is 0 Å². The lowest BCUT2D eigenvalue weighted by Crippen LogP contribution is -2.36. The lowest BCUT2D eigenvalue weighted by atomic mass is 10.2. The number of methoxy groups -OCH3 is 1. The summed E-state index contributed by atoms with van der Waals surface area (Å²) in [6.07, 6.45) is 2.24. The molecule has 0 aliphatic rings. The molecule has 1 heterocycles. The van der Waals surface area contributed by atoms with Gasteiger partial charge in [-0.05, 0) is 31.7 Å². The van der Waals surface area contributed by atoms with Crippen molar-refractivity contribution in [1.82, 2.24) is 20.4 Å². The molecule has 0 saturated carbocycles. The van der Waals surface area contributed by atoms with Gasteiger partial charge in [0.15, 0.2) is 0 Å². The molecule has 2 N–H and O–H groups in total. The third kappa shape index (κ3) is 5.98. The lowest BCUT2D eigenvalue weighted by Gasteiger charge is -2.16. The molecule has 130 valence electrons. The number of hydrogen-bond donors (Lipinski definition) is 2. The van der Waals surface area contributed by atoms with Crippen LogP contribution in [0.2, 0.25) is 0 Å². The van der Waals surface area contributed by atoms with E-state index in [-0.39, 0.29) is 6.03 Å². The molecule has 0 bridgehead atoms. The summed E-state index contributed by atoms with van der Waals surface area (Å²) in [5, 5.41) is 13.1. The summed E-state index contributed by atoms with van der Waals surface area (Å²) < 4.78 is 10.2. The van der Waals surface area contributed by atoms with Crippen LogP contribution in [0.3, 0.4) is 0 Å². The van der Waals surface area contributed by atoms with Crippen molar-refractivity contribution < 1.29 is 13.9 Å². The predicted octanol–water partition coefficient (Wildman–Crippen LogP) is 1.83. The quantitative estimate of drug-likeness (QED) is 0.680. The van der Waals surface area contributed by atoms with Crippen molar-refractivity contribution in [2.45, 2.75) is 6.42 Å². The summed E-state index contributed by atoms with van der Waals surface area (Å²) >= 11 is 0. The summed E-state index contributed by atoms with van der Waals surface area (Å²) in [6.45, 7) is 3.02. The van der Waals surface area contributed by atoms with Gasteiger partial charge < -0.3 is 24.7 Å². The first-order valence-electron chi connectivity index (χ1n) is 7.78. The first-order valence-corrected chi connectivity index (χ1v) is 7.78. The van der Waals surface area contributed by atoms with Crippen molar-refractivity contribution in [3.8, 4) is 11.5 Å². The minimum atomic E-state index is -0.247. The molecule has 0 aliphatic carbocycles. The van der Waals surface area contributed by atoms with E-state index in [1.807, 2.05) is 19.2 Å². The summed E-state index contributed by atoms with van der Waals surface area (Å²) in [6, 6.07) is 6.99. The highest BCUT2D eigenvalue weighted by Gasteiger charge is 2.06. The molecule has 8 heteroatoms. The number of carbonyl (C=O) groups excluding carboxylic acids is 1. The zero-order valence-corrected chi connectivity index (χ0v) is 14.0. The van der Waals surface area contributed by atoms with Crippen molar-refractivity contribution in [1.29, 1.82) is 0 Å². The van der Waals surface area contributed by atoms with Crippen LogP contribution in [0.5, 0.6) is 0 Å². The first-order chi connectivity index (χ1) is 11.7. The second-order valence-corrected chi connectivity index (χ2v) is 5.36. The third-order valence-corrected chi connectivity index (χ3v) is 3.39. The van der Waals surface area contributed by atoms with Crippen LogP contribution in [0.25, 0.3) is 11.5 Å². The molecule has 0 unspecified atom stereocenters. The van der Waals surface area contributed by atoms with E-state index in [1.54, 1.807) is 19.2 Å². The van der Waals surface area contributed by atoms with E-state index in [1.165, 1.54) is 6.39 Å². The highest BCUT2D eigenvalue weighted by atomic mass is 16.5. The van der Waals surface area contributed by atoms with Crippen molar-refractivity contribution in [3.05, 3.63) is 30.7 Å². The van der Waals surface area contributed by atoms with Crippen LogP contribution in [0.4, 0.5) is 10.5 Å². The van der Waals surface area contributed by atoms with Gasteiger partial charge >= 0.3 is 6.03 Å². The number of urea groups is 1. The average Bonchev–Trinajstić information content (AvgIpc) is 3.10. The molecule has 0 aliphatic heterocycles. The third-order valence-electron chi connectivity index (χ3n) is 3.39. The Kier molecular flexibility index (Phi) is 7.19. The summed E-state index contributed by atoms with van der Waals surface area (Å²) in [4.78, 5) is 14.1. The van der Waals surface area contributed by atoms with Gasteiger partial charge in [0.2, 0.25) is 12.3 Å². The largest absolute Gasteiger partial charge is 0.423 e. The van der Waals surface area contributed by atoms with Gasteiger partial charge in [0.1, 0.15) is 0 Å². The smallest absolute Gasteiger partial charge is 0.319 e. The van der Waals surface area contributed by atoms with Crippen LogP contribution in [0.1, 0.15) is 6.42 Å². The zero-order valence-electron chi connectivity index (χ0n) is 14.0.